The van der Waals surface area contributed by atoms with Crippen LogP contribution in [0, 0.1) is 0 Å². The number of benzene rings is 4. The van der Waals surface area contributed by atoms with Gasteiger partial charge in [0, 0.05) is 33.8 Å². The van der Waals surface area contributed by atoms with E-state index < -0.39 is 29.7 Å². The van der Waals surface area contributed by atoms with Crippen molar-refractivity contribution in [2.24, 2.45) is 0 Å². The van der Waals surface area contributed by atoms with Gasteiger partial charge in [-0.05, 0) is 60.7 Å². The first-order chi connectivity index (χ1) is 18.7. The summed E-state index contributed by atoms with van der Waals surface area (Å²) in [6.07, 6.45) is 0. The van der Waals surface area contributed by atoms with Crippen molar-refractivity contribution in [1.29, 1.82) is 0 Å². The highest BCUT2D eigenvalue weighted by Gasteiger charge is 2.17. The summed E-state index contributed by atoms with van der Waals surface area (Å²) in [5, 5.41) is 26.5. The van der Waals surface area contributed by atoms with E-state index in [4.69, 9.17) is 0 Å². The molecule has 0 aromatic heterocycles. The molecule has 0 radical (unpaired) electrons. The quantitative estimate of drug-likeness (QED) is 0.221. The summed E-state index contributed by atoms with van der Waals surface area (Å²) in [6, 6.07) is 24.2. The number of hydrogen-bond acceptors (Lipinski definition) is 5. The second-order valence-electron chi connectivity index (χ2n) is 8.30. The van der Waals surface area contributed by atoms with Crippen molar-refractivity contribution in [1.82, 2.24) is 0 Å². The number of amides is 3. The number of nitrogens with one attached hydrogen (secondary N) is 3. The second kappa shape index (κ2) is 11.5. The maximum Gasteiger partial charge on any atom is 0.335 e. The van der Waals surface area contributed by atoms with Crippen molar-refractivity contribution in [2.75, 3.05) is 16.0 Å². The largest absolute Gasteiger partial charge is 0.478 e. The van der Waals surface area contributed by atoms with Gasteiger partial charge in [-0.2, -0.15) is 0 Å². The van der Waals surface area contributed by atoms with Crippen LogP contribution in [0.3, 0.4) is 0 Å². The fourth-order valence-corrected chi connectivity index (χ4v) is 3.64. The monoisotopic (exact) mass is 523 g/mol. The standard InChI is InChI=1S/C29H21N3O7/c33-25(17-7-3-1-4-8-17)31-23-12-19(13-24(16-23)32-26(34)18-9-5-2-6-10-18)27(35)30-22-14-20(28(36)37)11-21(15-22)29(38)39/h1-16H,(H,30,35)(H,31,33)(H,32,34)(H,36,37)(H,38,39). The van der Waals surface area contributed by atoms with Crippen molar-refractivity contribution >= 4 is 46.7 Å². The highest BCUT2D eigenvalue weighted by molar-refractivity contribution is 6.10. The van der Waals surface area contributed by atoms with E-state index in [-0.39, 0.29) is 33.8 Å². The molecule has 5 N–H and O–H groups in total. The average Bonchev–Trinajstić information content (AvgIpc) is 2.93. The molecule has 0 saturated carbocycles. The van der Waals surface area contributed by atoms with E-state index in [9.17, 15) is 34.2 Å². The molecule has 4 rings (SSSR count). The Bertz CT molecular complexity index is 1480. The lowest BCUT2D eigenvalue weighted by atomic mass is 10.1. The molecule has 0 fully saturated rings. The van der Waals surface area contributed by atoms with Crippen LogP contribution in [-0.4, -0.2) is 39.9 Å². The lowest BCUT2D eigenvalue weighted by Gasteiger charge is -2.13. The van der Waals surface area contributed by atoms with Gasteiger partial charge < -0.3 is 26.2 Å². The predicted molar refractivity (Wildman–Crippen MR) is 144 cm³/mol. The number of aromatic carboxylic acids is 2. The summed E-state index contributed by atoms with van der Waals surface area (Å²) in [6.45, 7) is 0. The molecule has 10 heteroatoms. The molecule has 0 aliphatic rings. The number of carbonyl (C=O) groups excluding carboxylic acids is 3. The molecule has 10 nitrogen and oxygen atoms in total. The normalized spacial score (nSPS) is 10.3. The highest BCUT2D eigenvalue weighted by atomic mass is 16.4. The molecule has 0 bridgehead atoms. The fourth-order valence-electron chi connectivity index (χ4n) is 3.64. The van der Waals surface area contributed by atoms with Gasteiger partial charge in [-0.1, -0.05) is 36.4 Å². The van der Waals surface area contributed by atoms with Gasteiger partial charge in [0.2, 0.25) is 0 Å². The Labute approximate surface area is 221 Å². The number of carboxylic acid groups (broad SMARTS) is 2. The summed E-state index contributed by atoms with van der Waals surface area (Å²) in [7, 11) is 0. The molecule has 0 aliphatic heterocycles. The van der Waals surface area contributed by atoms with E-state index in [1.165, 1.54) is 18.2 Å². The molecular weight excluding hydrogens is 502 g/mol. The molecule has 0 saturated heterocycles. The summed E-state index contributed by atoms with van der Waals surface area (Å²) >= 11 is 0. The number of anilines is 3. The number of carbonyl (C=O) groups is 5. The van der Waals surface area contributed by atoms with E-state index in [1.54, 1.807) is 60.7 Å². The van der Waals surface area contributed by atoms with Crippen LogP contribution in [-0.2, 0) is 0 Å². The molecule has 194 valence electrons. The summed E-state index contributed by atoms with van der Waals surface area (Å²) in [5.41, 5.74) is 0.418. The Morgan fingerprint density at radius 3 is 1.13 bits per heavy atom. The Morgan fingerprint density at radius 2 is 0.744 bits per heavy atom. The molecule has 0 atom stereocenters. The van der Waals surface area contributed by atoms with Gasteiger partial charge in [-0.15, -0.1) is 0 Å². The van der Waals surface area contributed by atoms with Crippen molar-refractivity contribution < 1.29 is 34.2 Å². The van der Waals surface area contributed by atoms with E-state index in [0.29, 0.717) is 11.1 Å². The third kappa shape index (κ3) is 6.71. The molecule has 39 heavy (non-hydrogen) atoms. The predicted octanol–water partition coefficient (Wildman–Crippen LogP) is 4.84. The zero-order valence-corrected chi connectivity index (χ0v) is 20.2. The lowest BCUT2D eigenvalue weighted by Crippen LogP contribution is -2.17. The Hall–Kier alpha value is -5.77. The lowest BCUT2D eigenvalue weighted by molar-refractivity contribution is 0.0696. The molecule has 0 unspecified atom stereocenters. The SMILES string of the molecule is O=C(O)c1cc(NC(=O)c2cc(NC(=O)c3ccccc3)cc(NC(=O)c3ccccc3)c2)cc(C(=O)O)c1. The third-order valence-corrected chi connectivity index (χ3v) is 5.47. The van der Waals surface area contributed by atoms with Gasteiger partial charge in [-0.25, -0.2) is 9.59 Å². The van der Waals surface area contributed by atoms with Crippen LogP contribution >= 0.6 is 0 Å². The maximum atomic E-state index is 13.2. The molecule has 3 amide bonds. The minimum Gasteiger partial charge on any atom is -0.478 e. The molecule has 4 aromatic rings. The zero-order chi connectivity index (χ0) is 27.9. The van der Waals surface area contributed by atoms with Gasteiger partial charge in [0.05, 0.1) is 11.1 Å². The summed E-state index contributed by atoms with van der Waals surface area (Å²) < 4.78 is 0. The Balaban J connectivity index is 1.67. The first-order valence-corrected chi connectivity index (χ1v) is 11.5. The molecule has 0 heterocycles. The van der Waals surface area contributed by atoms with Crippen molar-refractivity contribution in [3.05, 3.63) is 125 Å². The smallest absolute Gasteiger partial charge is 0.335 e. The van der Waals surface area contributed by atoms with Crippen molar-refractivity contribution in [3.8, 4) is 0 Å². The van der Waals surface area contributed by atoms with Crippen LogP contribution in [0.5, 0.6) is 0 Å². The van der Waals surface area contributed by atoms with Crippen LogP contribution in [0.4, 0.5) is 17.1 Å². The van der Waals surface area contributed by atoms with Gasteiger partial charge in [0.25, 0.3) is 17.7 Å². The van der Waals surface area contributed by atoms with Crippen LogP contribution in [0.1, 0.15) is 51.8 Å². The Morgan fingerprint density at radius 1 is 0.410 bits per heavy atom. The van der Waals surface area contributed by atoms with Crippen LogP contribution in [0.15, 0.2) is 97.1 Å². The first kappa shape index (κ1) is 26.3. The zero-order valence-electron chi connectivity index (χ0n) is 20.2. The maximum absolute atomic E-state index is 13.2. The van der Waals surface area contributed by atoms with Crippen LogP contribution < -0.4 is 16.0 Å². The van der Waals surface area contributed by atoms with Crippen LogP contribution in [0.25, 0.3) is 0 Å². The van der Waals surface area contributed by atoms with Crippen LogP contribution in [0.2, 0.25) is 0 Å². The fraction of sp³-hybridized carbons (Fsp3) is 0. The van der Waals surface area contributed by atoms with E-state index in [0.717, 1.165) is 18.2 Å². The number of rotatable bonds is 8. The van der Waals surface area contributed by atoms with Crippen molar-refractivity contribution in [2.45, 2.75) is 0 Å². The third-order valence-electron chi connectivity index (χ3n) is 5.47. The molecule has 4 aromatic carbocycles. The number of hydrogen-bond donors (Lipinski definition) is 5. The van der Waals surface area contributed by atoms with E-state index >= 15 is 0 Å². The summed E-state index contributed by atoms with van der Waals surface area (Å²) in [4.78, 5) is 61.5. The van der Waals surface area contributed by atoms with Crippen molar-refractivity contribution in [3.63, 3.8) is 0 Å². The first-order valence-electron chi connectivity index (χ1n) is 11.5. The molecule has 0 spiro atoms. The molecular formula is C29H21N3O7. The van der Waals surface area contributed by atoms with Gasteiger partial charge in [0.15, 0.2) is 0 Å². The van der Waals surface area contributed by atoms with E-state index in [2.05, 4.69) is 16.0 Å². The topological polar surface area (TPSA) is 162 Å². The average molecular weight is 524 g/mol. The van der Waals surface area contributed by atoms with Gasteiger partial charge in [-0.3, -0.25) is 14.4 Å². The number of carboxylic acids is 2. The molecule has 0 aliphatic carbocycles. The summed E-state index contributed by atoms with van der Waals surface area (Å²) in [5.74, 6) is -4.38. The minimum absolute atomic E-state index is 0.00169. The highest BCUT2D eigenvalue weighted by Crippen LogP contribution is 2.23. The minimum atomic E-state index is -1.37. The Kier molecular flexibility index (Phi) is 7.77. The van der Waals surface area contributed by atoms with E-state index in [1.807, 2.05) is 0 Å². The second-order valence-corrected chi connectivity index (χ2v) is 8.30. The van der Waals surface area contributed by atoms with Gasteiger partial charge >= 0.3 is 11.9 Å². The van der Waals surface area contributed by atoms with Gasteiger partial charge in [0.1, 0.15) is 0 Å².